The minimum atomic E-state index is 0.0866. The molecule has 0 bridgehead atoms. The van der Waals surface area contributed by atoms with Gasteiger partial charge in [-0.25, -0.2) is 0 Å². The van der Waals surface area contributed by atoms with Gasteiger partial charge in [0, 0.05) is 11.1 Å². The van der Waals surface area contributed by atoms with Gasteiger partial charge in [-0.1, -0.05) is 55.3 Å². The fourth-order valence-electron chi connectivity index (χ4n) is 2.65. The van der Waals surface area contributed by atoms with Crippen LogP contribution in [0.1, 0.15) is 37.8 Å². The zero-order valence-electron chi connectivity index (χ0n) is 17.8. The van der Waals surface area contributed by atoms with Crippen molar-refractivity contribution in [2.24, 2.45) is 11.1 Å². The Labute approximate surface area is 176 Å². The van der Waals surface area contributed by atoms with Gasteiger partial charge < -0.3 is 18.8 Å². The van der Waals surface area contributed by atoms with Crippen molar-refractivity contribution in [2.75, 3.05) is 13.7 Å². The van der Waals surface area contributed by atoms with E-state index in [0.29, 0.717) is 35.7 Å². The largest absolute Gasteiger partial charge is 0.493 e. The molecule has 30 heavy (non-hydrogen) atoms. The topological polar surface area (TPSA) is 79.0 Å². The maximum absolute atomic E-state index is 5.75. The molecule has 0 fully saturated rings. The van der Waals surface area contributed by atoms with E-state index >= 15 is 0 Å². The SMILES string of the molecule is CCc1ccc(-c2noc(CO/N=C\c3ccc(OCC(C)C)c(OC)c3)n2)cc1. The molecule has 0 spiro atoms. The van der Waals surface area contributed by atoms with Crippen LogP contribution in [0.3, 0.4) is 0 Å². The molecular weight excluding hydrogens is 382 g/mol. The number of aromatic nitrogens is 2. The number of aryl methyl sites for hydroxylation is 1. The lowest BCUT2D eigenvalue weighted by Crippen LogP contribution is -2.05. The van der Waals surface area contributed by atoms with Crippen molar-refractivity contribution in [3.05, 3.63) is 59.5 Å². The van der Waals surface area contributed by atoms with Gasteiger partial charge in [0.05, 0.1) is 19.9 Å². The number of benzene rings is 2. The summed E-state index contributed by atoms with van der Waals surface area (Å²) in [5.74, 6) is 2.67. The number of hydrogen-bond acceptors (Lipinski definition) is 7. The molecule has 3 rings (SSSR count). The van der Waals surface area contributed by atoms with Gasteiger partial charge in [-0.15, -0.1) is 0 Å². The molecular formula is C23H27N3O4. The summed E-state index contributed by atoms with van der Waals surface area (Å²) in [6.07, 6.45) is 2.58. The van der Waals surface area contributed by atoms with Crippen molar-refractivity contribution in [3.63, 3.8) is 0 Å². The summed E-state index contributed by atoms with van der Waals surface area (Å²) in [5, 5.41) is 7.96. The summed E-state index contributed by atoms with van der Waals surface area (Å²) in [5.41, 5.74) is 2.99. The maximum Gasteiger partial charge on any atom is 0.267 e. The van der Waals surface area contributed by atoms with Gasteiger partial charge in [0.15, 0.2) is 18.1 Å². The van der Waals surface area contributed by atoms with Crippen LogP contribution in [0.4, 0.5) is 0 Å². The Bertz CT molecular complexity index is 965. The van der Waals surface area contributed by atoms with Crippen LogP contribution in [0.15, 0.2) is 52.1 Å². The first-order valence-electron chi connectivity index (χ1n) is 9.97. The Morgan fingerprint density at radius 3 is 2.60 bits per heavy atom. The van der Waals surface area contributed by atoms with E-state index in [1.807, 2.05) is 30.3 Å². The normalized spacial score (nSPS) is 11.2. The van der Waals surface area contributed by atoms with Gasteiger partial charge in [-0.2, -0.15) is 4.98 Å². The quantitative estimate of drug-likeness (QED) is 0.350. The highest BCUT2D eigenvalue weighted by atomic mass is 16.6. The Kier molecular flexibility index (Phi) is 7.43. The third-order valence-corrected chi connectivity index (χ3v) is 4.31. The van der Waals surface area contributed by atoms with Crippen LogP contribution >= 0.6 is 0 Å². The molecule has 7 heteroatoms. The molecule has 0 saturated carbocycles. The second kappa shape index (κ2) is 10.4. The molecule has 0 unspecified atom stereocenters. The molecule has 0 aliphatic rings. The molecule has 0 saturated heterocycles. The predicted octanol–water partition coefficient (Wildman–Crippen LogP) is 4.89. The zero-order valence-corrected chi connectivity index (χ0v) is 17.8. The minimum absolute atomic E-state index is 0.0866. The van der Waals surface area contributed by atoms with E-state index in [1.165, 1.54) is 5.56 Å². The number of methoxy groups -OCH3 is 1. The first-order chi connectivity index (χ1) is 14.6. The molecule has 158 valence electrons. The molecule has 7 nitrogen and oxygen atoms in total. The molecule has 0 amide bonds. The Morgan fingerprint density at radius 1 is 1.10 bits per heavy atom. The fourth-order valence-corrected chi connectivity index (χ4v) is 2.65. The van der Waals surface area contributed by atoms with Crippen LogP contribution in [0.2, 0.25) is 0 Å². The number of ether oxygens (including phenoxy) is 2. The first-order valence-corrected chi connectivity index (χ1v) is 9.97. The van der Waals surface area contributed by atoms with E-state index in [0.717, 1.165) is 17.5 Å². The van der Waals surface area contributed by atoms with Crippen molar-refractivity contribution in [1.29, 1.82) is 0 Å². The number of oxime groups is 1. The van der Waals surface area contributed by atoms with Gasteiger partial charge in [0.1, 0.15) is 0 Å². The molecule has 0 radical (unpaired) electrons. The van der Waals surface area contributed by atoms with E-state index in [2.05, 4.69) is 48.2 Å². The average Bonchev–Trinajstić information content (AvgIpc) is 3.24. The highest BCUT2D eigenvalue weighted by molar-refractivity contribution is 5.80. The second-order valence-electron chi connectivity index (χ2n) is 7.19. The van der Waals surface area contributed by atoms with Crippen molar-refractivity contribution in [2.45, 2.75) is 33.8 Å². The average molecular weight is 409 g/mol. The highest BCUT2D eigenvalue weighted by Gasteiger charge is 2.09. The van der Waals surface area contributed by atoms with Crippen molar-refractivity contribution >= 4 is 6.21 Å². The highest BCUT2D eigenvalue weighted by Crippen LogP contribution is 2.28. The molecule has 2 aromatic carbocycles. The van der Waals surface area contributed by atoms with E-state index in [9.17, 15) is 0 Å². The van der Waals surface area contributed by atoms with Crippen LogP contribution in [-0.2, 0) is 17.9 Å². The van der Waals surface area contributed by atoms with Gasteiger partial charge in [0.25, 0.3) is 5.89 Å². The summed E-state index contributed by atoms with van der Waals surface area (Å²) in [7, 11) is 1.61. The monoisotopic (exact) mass is 409 g/mol. The summed E-state index contributed by atoms with van der Waals surface area (Å²) < 4.78 is 16.4. The predicted molar refractivity (Wildman–Crippen MR) is 115 cm³/mol. The molecule has 0 atom stereocenters. The van der Waals surface area contributed by atoms with Gasteiger partial charge in [-0.3, -0.25) is 0 Å². The Hall–Kier alpha value is -3.35. The summed E-state index contributed by atoms with van der Waals surface area (Å²) in [6.45, 7) is 7.02. The van der Waals surface area contributed by atoms with E-state index < -0.39 is 0 Å². The Morgan fingerprint density at radius 2 is 1.90 bits per heavy atom. The standard InChI is InChI=1S/C23H27N3O4/c1-5-17-6-9-19(10-7-17)23-25-22(30-26-23)15-29-24-13-18-8-11-20(21(12-18)27-4)28-14-16(2)3/h6-13,16H,5,14-15H2,1-4H3/b24-13-. The first kappa shape index (κ1) is 21.4. The van der Waals surface area contributed by atoms with Crippen molar-refractivity contribution in [3.8, 4) is 22.9 Å². The fraction of sp³-hybridized carbons (Fsp3) is 0.348. The van der Waals surface area contributed by atoms with Crippen LogP contribution in [0.25, 0.3) is 11.4 Å². The number of hydrogen-bond donors (Lipinski definition) is 0. The lowest BCUT2D eigenvalue weighted by atomic mass is 10.1. The summed E-state index contributed by atoms with van der Waals surface area (Å²) in [4.78, 5) is 9.63. The smallest absolute Gasteiger partial charge is 0.267 e. The van der Waals surface area contributed by atoms with Crippen LogP contribution < -0.4 is 9.47 Å². The molecule has 0 aliphatic heterocycles. The van der Waals surface area contributed by atoms with E-state index in [4.69, 9.17) is 18.8 Å². The Balaban J connectivity index is 1.55. The lowest BCUT2D eigenvalue weighted by Gasteiger charge is -2.12. The van der Waals surface area contributed by atoms with Gasteiger partial charge >= 0.3 is 0 Å². The van der Waals surface area contributed by atoms with Crippen LogP contribution in [0, 0.1) is 5.92 Å². The van der Waals surface area contributed by atoms with Gasteiger partial charge in [-0.05, 0) is 36.1 Å². The molecule has 0 aliphatic carbocycles. The second-order valence-corrected chi connectivity index (χ2v) is 7.19. The molecule has 0 N–H and O–H groups in total. The van der Waals surface area contributed by atoms with Crippen LogP contribution in [0.5, 0.6) is 11.5 Å². The maximum atomic E-state index is 5.75. The zero-order chi connectivity index (χ0) is 21.3. The lowest BCUT2D eigenvalue weighted by molar-refractivity contribution is 0.107. The minimum Gasteiger partial charge on any atom is -0.493 e. The van der Waals surface area contributed by atoms with Gasteiger partial charge in [0.2, 0.25) is 5.82 Å². The third-order valence-electron chi connectivity index (χ3n) is 4.31. The summed E-state index contributed by atoms with van der Waals surface area (Å²) >= 11 is 0. The van der Waals surface area contributed by atoms with Crippen molar-refractivity contribution in [1.82, 2.24) is 10.1 Å². The molecule has 1 aromatic heterocycles. The van der Waals surface area contributed by atoms with E-state index in [-0.39, 0.29) is 6.61 Å². The molecule has 1 heterocycles. The third kappa shape index (κ3) is 5.83. The number of rotatable bonds is 10. The molecule has 3 aromatic rings. The van der Waals surface area contributed by atoms with Crippen molar-refractivity contribution < 1.29 is 18.8 Å². The summed E-state index contributed by atoms with van der Waals surface area (Å²) in [6, 6.07) is 13.7. The van der Waals surface area contributed by atoms with E-state index in [1.54, 1.807) is 13.3 Å². The number of nitrogens with zero attached hydrogens (tertiary/aromatic N) is 3. The van der Waals surface area contributed by atoms with Crippen LogP contribution in [-0.4, -0.2) is 30.1 Å².